The summed E-state index contributed by atoms with van der Waals surface area (Å²) in [4.78, 5) is 15.5. The first-order chi connectivity index (χ1) is 9.74. The first kappa shape index (κ1) is 13.2. The van der Waals surface area contributed by atoms with Gasteiger partial charge in [-0.15, -0.1) is 0 Å². The number of rotatable bonds is 3. The smallest absolute Gasteiger partial charge is 0.323 e. The van der Waals surface area contributed by atoms with E-state index >= 15 is 0 Å². The van der Waals surface area contributed by atoms with Crippen molar-refractivity contribution in [1.82, 2.24) is 10.3 Å². The number of aromatic amines is 1. The zero-order chi connectivity index (χ0) is 14.1. The maximum Gasteiger partial charge on any atom is 0.323 e. The second-order valence-electron chi connectivity index (χ2n) is 5.20. The van der Waals surface area contributed by atoms with Crippen molar-refractivity contribution in [3.8, 4) is 0 Å². The second-order valence-corrected chi connectivity index (χ2v) is 5.20. The van der Waals surface area contributed by atoms with E-state index in [4.69, 9.17) is 4.74 Å². The summed E-state index contributed by atoms with van der Waals surface area (Å²) in [5, 5.41) is 4.62. The van der Waals surface area contributed by atoms with E-state index in [1.807, 2.05) is 19.1 Å². The number of hydrogen-bond acceptors (Lipinski definition) is 3. The highest BCUT2D eigenvalue weighted by Gasteiger charge is 2.32. The molecule has 2 unspecified atom stereocenters. The van der Waals surface area contributed by atoms with Crippen LogP contribution in [-0.4, -0.2) is 23.6 Å². The number of hydrogen-bond donors (Lipinski definition) is 2. The number of H-pyrrole nitrogens is 1. The molecule has 0 bridgehead atoms. The van der Waals surface area contributed by atoms with Gasteiger partial charge in [0.25, 0.3) is 0 Å². The van der Waals surface area contributed by atoms with Gasteiger partial charge >= 0.3 is 5.97 Å². The fraction of sp³-hybridized carbons (Fsp3) is 0.438. The predicted molar refractivity (Wildman–Crippen MR) is 78.6 cm³/mol. The van der Waals surface area contributed by atoms with Gasteiger partial charge in [-0.25, -0.2) is 0 Å². The third-order valence-electron chi connectivity index (χ3n) is 3.99. The Morgan fingerprint density at radius 2 is 2.15 bits per heavy atom. The average Bonchev–Trinajstić information content (AvgIpc) is 2.85. The first-order valence-electron chi connectivity index (χ1n) is 7.26. The molecule has 2 aromatic rings. The Labute approximate surface area is 118 Å². The molecule has 0 spiro atoms. The second kappa shape index (κ2) is 5.29. The molecule has 1 aliphatic rings. The summed E-state index contributed by atoms with van der Waals surface area (Å²) in [6.07, 6.45) is 1.63. The number of benzene rings is 1. The van der Waals surface area contributed by atoms with Crippen LogP contribution in [0.3, 0.4) is 0 Å². The Hall–Kier alpha value is -1.81. The lowest BCUT2D eigenvalue weighted by molar-refractivity contribution is -0.146. The molecule has 0 aliphatic carbocycles. The van der Waals surface area contributed by atoms with Crippen molar-refractivity contribution in [3.63, 3.8) is 0 Å². The summed E-state index contributed by atoms with van der Waals surface area (Å²) in [5.41, 5.74) is 3.61. The van der Waals surface area contributed by atoms with Crippen molar-refractivity contribution in [1.29, 1.82) is 0 Å². The topological polar surface area (TPSA) is 54.1 Å². The van der Waals surface area contributed by atoms with Crippen LogP contribution in [0.5, 0.6) is 0 Å². The SMILES string of the molecule is CCOC(=O)C1Cc2c([nH]c3ccccc23)C(CC)N1. The molecule has 4 heteroatoms. The molecule has 1 aliphatic heterocycles. The van der Waals surface area contributed by atoms with Crippen LogP contribution in [0.1, 0.15) is 37.6 Å². The van der Waals surface area contributed by atoms with Gasteiger partial charge in [-0.1, -0.05) is 25.1 Å². The van der Waals surface area contributed by atoms with Crippen molar-refractivity contribution >= 4 is 16.9 Å². The number of carbonyl (C=O) groups excluding carboxylic acids is 1. The number of esters is 1. The normalized spacial score (nSPS) is 21.7. The monoisotopic (exact) mass is 272 g/mol. The van der Waals surface area contributed by atoms with Crippen LogP contribution in [0, 0.1) is 0 Å². The van der Waals surface area contributed by atoms with E-state index in [9.17, 15) is 4.79 Å². The van der Waals surface area contributed by atoms with Gasteiger partial charge in [0, 0.05) is 29.1 Å². The number of ether oxygens (including phenoxy) is 1. The summed E-state index contributed by atoms with van der Waals surface area (Å²) in [6, 6.07) is 8.21. The maximum absolute atomic E-state index is 12.0. The Morgan fingerprint density at radius 1 is 1.35 bits per heavy atom. The largest absolute Gasteiger partial charge is 0.465 e. The minimum atomic E-state index is -0.244. The molecule has 2 N–H and O–H groups in total. The molecule has 20 heavy (non-hydrogen) atoms. The van der Waals surface area contributed by atoms with E-state index < -0.39 is 0 Å². The molecular formula is C16H20N2O2. The number of aromatic nitrogens is 1. The Bertz CT molecular complexity index is 632. The Morgan fingerprint density at radius 3 is 2.90 bits per heavy atom. The molecule has 0 fully saturated rings. The minimum Gasteiger partial charge on any atom is -0.465 e. The van der Waals surface area contributed by atoms with Crippen molar-refractivity contribution in [2.75, 3.05) is 6.61 Å². The van der Waals surface area contributed by atoms with Crippen molar-refractivity contribution < 1.29 is 9.53 Å². The van der Waals surface area contributed by atoms with Crippen LogP contribution < -0.4 is 5.32 Å². The van der Waals surface area contributed by atoms with E-state index in [1.54, 1.807) is 0 Å². The van der Waals surface area contributed by atoms with Crippen LogP contribution >= 0.6 is 0 Å². The molecule has 2 heterocycles. The standard InChI is InChI=1S/C16H20N2O2/c1-3-12-15-11(9-14(17-12)16(19)20-4-2)10-7-5-6-8-13(10)18-15/h5-8,12,14,17-18H,3-4,9H2,1-2H3. The highest BCUT2D eigenvalue weighted by molar-refractivity contribution is 5.87. The fourth-order valence-electron chi connectivity index (χ4n) is 3.04. The highest BCUT2D eigenvalue weighted by atomic mass is 16.5. The first-order valence-corrected chi connectivity index (χ1v) is 7.26. The van der Waals surface area contributed by atoms with Crippen molar-refractivity contribution in [2.45, 2.75) is 38.8 Å². The third-order valence-corrected chi connectivity index (χ3v) is 3.99. The minimum absolute atomic E-state index is 0.151. The van der Waals surface area contributed by atoms with Gasteiger partial charge < -0.3 is 9.72 Å². The van der Waals surface area contributed by atoms with Gasteiger partial charge in [-0.05, 0) is 25.0 Å². The van der Waals surface area contributed by atoms with Gasteiger partial charge in [0.1, 0.15) is 6.04 Å². The van der Waals surface area contributed by atoms with E-state index in [0.717, 1.165) is 11.9 Å². The van der Waals surface area contributed by atoms with Gasteiger partial charge in [0.2, 0.25) is 0 Å². The molecule has 0 saturated heterocycles. The lowest BCUT2D eigenvalue weighted by atomic mass is 9.93. The van der Waals surface area contributed by atoms with Gasteiger partial charge in [-0.3, -0.25) is 10.1 Å². The van der Waals surface area contributed by atoms with Gasteiger partial charge in [-0.2, -0.15) is 0 Å². The number of para-hydroxylation sites is 1. The summed E-state index contributed by atoms with van der Waals surface area (Å²) < 4.78 is 5.17. The molecule has 106 valence electrons. The van der Waals surface area contributed by atoms with E-state index in [1.165, 1.54) is 16.6 Å². The quantitative estimate of drug-likeness (QED) is 0.845. The number of carbonyl (C=O) groups is 1. The molecule has 2 atom stereocenters. The van der Waals surface area contributed by atoms with Gasteiger partial charge in [0.15, 0.2) is 0 Å². The average molecular weight is 272 g/mol. The van der Waals surface area contributed by atoms with Crippen LogP contribution in [0.2, 0.25) is 0 Å². The molecule has 3 rings (SSSR count). The summed E-state index contributed by atoms with van der Waals surface area (Å²) in [6.45, 7) is 4.39. The molecule has 4 nitrogen and oxygen atoms in total. The zero-order valence-corrected chi connectivity index (χ0v) is 11.9. The zero-order valence-electron chi connectivity index (χ0n) is 11.9. The fourth-order valence-corrected chi connectivity index (χ4v) is 3.04. The Kier molecular flexibility index (Phi) is 3.49. The van der Waals surface area contributed by atoms with Crippen molar-refractivity contribution in [3.05, 3.63) is 35.5 Å². The van der Waals surface area contributed by atoms with Crippen LogP contribution in [-0.2, 0) is 16.0 Å². The Balaban J connectivity index is 2.02. The summed E-state index contributed by atoms with van der Waals surface area (Å²) >= 11 is 0. The lowest BCUT2D eigenvalue weighted by Crippen LogP contribution is -2.45. The highest BCUT2D eigenvalue weighted by Crippen LogP contribution is 2.33. The lowest BCUT2D eigenvalue weighted by Gasteiger charge is -2.29. The van der Waals surface area contributed by atoms with E-state index in [0.29, 0.717) is 13.0 Å². The third kappa shape index (κ3) is 2.10. The van der Waals surface area contributed by atoms with E-state index in [2.05, 4.69) is 29.4 Å². The van der Waals surface area contributed by atoms with Crippen LogP contribution in [0.25, 0.3) is 10.9 Å². The van der Waals surface area contributed by atoms with Crippen LogP contribution in [0.4, 0.5) is 0 Å². The summed E-state index contributed by atoms with van der Waals surface area (Å²) in [5.74, 6) is -0.151. The van der Waals surface area contributed by atoms with Crippen molar-refractivity contribution in [2.24, 2.45) is 0 Å². The molecule has 1 aromatic heterocycles. The number of fused-ring (bicyclic) bond motifs is 3. The molecule has 0 saturated carbocycles. The maximum atomic E-state index is 12.0. The van der Waals surface area contributed by atoms with Gasteiger partial charge in [0.05, 0.1) is 6.61 Å². The molecule has 0 radical (unpaired) electrons. The molecular weight excluding hydrogens is 252 g/mol. The van der Waals surface area contributed by atoms with Crippen LogP contribution in [0.15, 0.2) is 24.3 Å². The molecule has 0 amide bonds. The van der Waals surface area contributed by atoms with E-state index in [-0.39, 0.29) is 18.1 Å². The number of nitrogens with one attached hydrogen (secondary N) is 2. The molecule has 1 aromatic carbocycles. The summed E-state index contributed by atoms with van der Waals surface area (Å²) in [7, 11) is 0. The predicted octanol–water partition coefficient (Wildman–Crippen LogP) is 2.70.